The Morgan fingerprint density at radius 3 is 1.22 bits per heavy atom. The van der Waals surface area contributed by atoms with Crippen LogP contribution in [-0.2, 0) is 0 Å². The Morgan fingerprint density at radius 2 is 1.22 bits per heavy atom. The molecule has 0 heterocycles. The van der Waals surface area contributed by atoms with Gasteiger partial charge in [-0.15, -0.1) is 0 Å². The lowest BCUT2D eigenvalue weighted by Gasteiger charge is -1.79. The number of hydrogen-bond donors (Lipinski definition) is 2. The summed E-state index contributed by atoms with van der Waals surface area (Å²) in [6.45, 7) is 4.44. The summed E-state index contributed by atoms with van der Waals surface area (Å²) in [6, 6.07) is 0. The molecule has 0 radical (unpaired) electrons. The highest BCUT2D eigenvalue weighted by Crippen LogP contribution is 1.65. The highest BCUT2D eigenvalue weighted by molar-refractivity contribution is 4.22. The van der Waals surface area contributed by atoms with Gasteiger partial charge in [0.25, 0.3) is 0 Å². The smallest absolute Gasteiger partial charge is 0.0452 e. The molecule has 0 aromatic rings. The number of aliphatic hydroxyl groups is 2. The molecule has 0 saturated heterocycles. The van der Waals surface area contributed by atoms with E-state index in [2.05, 4.69) is 13.8 Å². The van der Waals surface area contributed by atoms with Gasteiger partial charge in [0.2, 0.25) is 0 Å². The average molecular weight is 136 g/mol. The van der Waals surface area contributed by atoms with E-state index < -0.39 is 0 Å². The molecule has 0 saturated carbocycles. The minimum absolute atomic E-state index is 0. The zero-order chi connectivity index (χ0) is 6.83. The zero-order valence-electron chi connectivity index (χ0n) is 5.72. The van der Waals surface area contributed by atoms with Crippen LogP contribution >= 0.6 is 0 Å². The molecule has 60 valence electrons. The molecule has 9 heavy (non-hydrogen) atoms. The molecule has 0 aliphatic heterocycles. The SMILES string of the molecule is C.CCC.OCCCO. The van der Waals surface area contributed by atoms with Gasteiger partial charge in [0.1, 0.15) is 0 Å². The summed E-state index contributed by atoms with van der Waals surface area (Å²) < 4.78 is 0. The molecule has 2 N–H and O–H groups in total. The molecule has 0 aromatic carbocycles. The molecular weight excluding hydrogens is 116 g/mol. The third-order valence-electron chi connectivity index (χ3n) is 0.316. The quantitative estimate of drug-likeness (QED) is 0.602. The van der Waals surface area contributed by atoms with E-state index in [1.54, 1.807) is 0 Å². The van der Waals surface area contributed by atoms with Crippen molar-refractivity contribution >= 4 is 0 Å². The maximum absolute atomic E-state index is 7.91. The lowest BCUT2D eigenvalue weighted by Crippen LogP contribution is -1.85. The second-order valence-corrected chi connectivity index (χ2v) is 1.51. The van der Waals surface area contributed by atoms with Gasteiger partial charge in [-0.05, 0) is 6.42 Å². The first kappa shape index (κ1) is 16.0. The first-order valence-electron chi connectivity index (χ1n) is 3.05. The number of aliphatic hydroxyl groups excluding tert-OH is 2. The van der Waals surface area contributed by atoms with Crippen molar-refractivity contribution in [3.05, 3.63) is 0 Å². The summed E-state index contributed by atoms with van der Waals surface area (Å²) in [5.41, 5.74) is 0. The largest absolute Gasteiger partial charge is 0.396 e. The Balaban J connectivity index is -0.0000000800. The van der Waals surface area contributed by atoms with Crippen molar-refractivity contribution in [1.82, 2.24) is 0 Å². The van der Waals surface area contributed by atoms with Crippen LogP contribution in [0.5, 0.6) is 0 Å². The van der Waals surface area contributed by atoms with Gasteiger partial charge in [-0.25, -0.2) is 0 Å². The van der Waals surface area contributed by atoms with Gasteiger partial charge < -0.3 is 10.2 Å². The zero-order valence-corrected chi connectivity index (χ0v) is 5.72. The maximum Gasteiger partial charge on any atom is 0.0452 e. The summed E-state index contributed by atoms with van der Waals surface area (Å²) in [5, 5.41) is 15.8. The minimum atomic E-state index is 0. The number of hydrogen-bond acceptors (Lipinski definition) is 2. The normalized spacial score (nSPS) is 6.67. The molecule has 0 aromatic heterocycles. The van der Waals surface area contributed by atoms with Crippen molar-refractivity contribution in [3.8, 4) is 0 Å². The molecule has 0 amide bonds. The number of rotatable bonds is 2. The molecule has 0 atom stereocenters. The van der Waals surface area contributed by atoms with Crippen LogP contribution in [0, 0.1) is 0 Å². The Bertz CT molecular complexity index is 20.9. The van der Waals surface area contributed by atoms with Gasteiger partial charge in [-0.1, -0.05) is 27.7 Å². The Morgan fingerprint density at radius 1 is 1.00 bits per heavy atom. The molecule has 0 fully saturated rings. The second kappa shape index (κ2) is 24.7. The molecule has 0 aliphatic carbocycles. The molecule has 0 aliphatic rings. The van der Waals surface area contributed by atoms with Crippen LogP contribution in [0.25, 0.3) is 0 Å². The molecule has 0 spiro atoms. The van der Waals surface area contributed by atoms with E-state index in [1.165, 1.54) is 6.42 Å². The van der Waals surface area contributed by atoms with Gasteiger partial charge >= 0.3 is 0 Å². The van der Waals surface area contributed by atoms with E-state index in [-0.39, 0.29) is 20.6 Å². The fourth-order valence-corrected chi connectivity index (χ4v) is 0.0707. The third-order valence-corrected chi connectivity index (χ3v) is 0.316. The minimum Gasteiger partial charge on any atom is -0.396 e. The van der Waals surface area contributed by atoms with Gasteiger partial charge in [0, 0.05) is 13.2 Å². The Hall–Kier alpha value is -0.0800. The highest BCUT2D eigenvalue weighted by atomic mass is 16.3. The summed E-state index contributed by atoms with van der Waals surface area (Å²) in [7, 11) is 0. The molecule has 0 rings (SSSR count). The van der Waals surface area contributed by atoms with Gasteiger partial charge in [-0.2, -0.15) is 0 Å². The van der Waals surface area contributed by atoms with Gasteiger partial charge in [-0.3, -0.25) is 0 Å². The highest BCUT2D eigenvalue weighted by Gasteiger charge is 1.70. The van der Waals surface area contributed by atoms with Crippen LogP contribution in [0.15, 0.2) is 0 Å². The van der Waals surface area contributed by atoms with Crippen LogP contribution in [-0.4, -0.2) is 23.4 Å². The fourth-order valence-electron chi connectivity index (χ4n) is 0.0707. The lowest BCUT2D eigenvalue weighted by atomic mass is 10.5. The first-order chi connectivity index (χ1) is 3.83. The second-order valence-electron chi connectivity index (χ2n) is 1.51. The topological polar surface area (TPSA) is 40.5 Å². The van der Waals surface area contributed by atoms with Crippen LogP contribution in [0.3, 0.4) is 0 Å². The maximum atomic E-state index is 7.91. The van der Waals surface area contributed by atoms with E-state index in [4.69, 9.17) is 10.2 Å². The van der Waals surface area contributed by atoms with E-state index in [1.807, 2.05) is 0 Å². The van der Waals surface area contributed by atoms with Crippen LogP contribution in [0.4, 0.5) is 0 Å². The summed E-state index contributed by atoms with van der Waals surface area (Å²) in [4.78, 5) is 0. The van der Waals surface area contributed by atoms with Crippen molar-refractivity contribution in [1.29, 1.82) is 0 Å². The lowest BCUT2D eigenvalue weighted by molar-refractivity contribution is 0.221. The summed E-state index contributed by atoms with van der Waals surface area (Å²) in [5.74, 6) is 0. The van der Waals surface area contributed by atoms with Crippen molar-refractivity contribution in [2.75, 3.05) is 13.2 Å². The summed E-state index contributed by atoms with van der Waals surface area (Å²) >= 11 is 0. The third kappa shape index (κ3) is 75.3. The molecule has 2 heteroatoms. The van der Waals surface area contributed by atoms with Gasteiger partial charge in [0.05, 0.1) is 0 Å². The van der Waals surface area contributed by atoms with Gasteiger partial charge in [0.15, 0.2) is 0 Å². The molecular formula is C7H20O2. The van der Waals surface area contributed by atoms with E-state index in [0.29, 0.717) is 6.42 Å². The average Bonchev–Trinajstić information content (AvgIpc) is 1.71. The molecule has 0 unspecified atom stereocenters. The van der Waals surface area contributed by atoms with Crippen molar-refractivity contribution in [3.63, 3.8) is 0 Å². The predicted molar refractivity (Wildman–Crippen MR) is 41.5 cm³/mol. The summed E-state index contributed by atoms with van der Waals surface area (Å²) in [6.07, 6.45) is 1.75. The van der Waals surface area contributed by atoms with Crippen LogP contribution in [0.1, 0.15) is 34.1 Å². The Labute approximate surface area is 58.5 Å². The van der Waals surface area contributed by atoms with Crippen LogP contribution < -0.4 is 0 Å². The predicted octanol–water partition coefficient (Wildman–Crippen LogP) is 1.41. The standard InChI is InChI=1S/C3H8O2.C3H8.CH4/c4-2-1-3-5;1-3-2;/h4-5H,1-3H2;3H2,1-2H3;1H4. The first-order valence-corrected chi connectivity index (χ1v) is 3.05. The van der Waals surface area contributed by atoms with Crippen LogP contribution in [0.2, 0.25) is 0 Å². The fraction of sp³-hybridized carbons (Fsp3) is 1.00. The van der Waals surface area contributed by atoms with E-state index >= 15 is 0 Å². The van der Waals surface area contributed by atoms with E-state index in [0.717, 1.165) is 0 Å². The van der Waals surface area contributed by atoms with Crippen molar-refractivity contribution in [2.45, 2.75) is 34.1 Å². The molecule has 0 bridgehead atoms. The van der Waals surface area contributed by atoms with Crippen molar-refractivity contribution < 1.29 is 10.2 Å². The molecule has 2 nitrogen and oxygen atoms in total. The van der Waals surface area contributed by atoms with E-state index in [9.17, 15) is 0 Å². The monoisotopic (exact) mass is 136 g/mol. The Kier molecular flexibility index (Phi) is 43.8. The van der Waals surface area contributed by atoms with Crippen molar-refractivity contribution in [2.24, 2.45) is 0 Å².